The zero-order valence-corrected chi connectivity index (χ0v) is 40.6. The fourth-order valence-corrected chi connectivity index (χ4v) is 8.85. The van der Waals surface area contributed by atoms with Crippen LogP contribution in [0, 0.1) is 0 Å². The third-order valence-electron chi connectivity index (χ3n) is 12.4. The third kappa shape index (κ3) is 32.2. The van der Waals surface area contributed by atoms with Crippen molar-refractivity contribution in [3.8, 4) is 0 Å². The summed E-state index contributed by atoms with van der Waals surface area (Å²) < 4.78 is 47.7. The third-order valence-corrected chi connectivity index (χ3v) is 12.9. The summed E-state index contributed by atoms with van der Waals surface area (Å²) in [6.07, 6.45) is 32.5. The number of hydrogen-bond acceptors (Lipinski definition) is 11. The number of aliphatic hydroxyl groups excluding tert-OH is 5. The first-order valence-electron chi connectivity index (χ1n) is 25.7. The lowest BCUT2D eigenvalue weighted by molar-refractivity contribution is -0.298. The Labute approximate surface area is 383 Å². The molecule has 63 heavy (non-hydrogen) atoms. The van der Waals surface area contributed by atoms with Crippen molar-refractivity contribution < 1.29 is 57.0 Å². The Bertz CT molecular complexity index is 1190. The number of allylic oxidation sites excluding steroid dienone is 2. The van der Waals surface area contributed by atoms with E-state index in [1.165, 1.54) is 135 Å². The molecule has 0 aromatic rings. The predicted molar refractivity (Wildman–Crippen MR) is 252 cm³/mol. The van der Waals surface area contributed by atoms with Crippen LogP contribution in [0.2, 0.25) is 0 Å². The summed E-state index contributed by atoms with van der Waals surface area (Å²) in [5.41, 5.74) is 0. The van der Waals surface area contributed by atoms with E-state index in [1.807, 2.05) is 0 Å². The van der Waals surface area contributed by atoms with Crippen molar-refractivity contribution in [2.24, 2.45) is 0 Å². The molecule has 8 unspecified atom stereocenters. The largest absolute Gasteiger partial charge is 0.397 e. The van der Waals surface area contributed by atoms with Crippen LogP contribution in [0.4, 0.5) is 0 Å². The molecule has 1 amide bonds. The Hall–Kier alpha value is -1.20. The van der Waals surface area contributed by atoms with Crippen molar-refractivity contribution in [2.45, 2.75) is 281 Å². The van der Waals surface area contributed by atoms with Gasteiger partial charge >= 0.3 is 10.4 Å². The molecule has 1 rings (SSSR count). The van der Waals surface area contributed by atoms with E-state index in [0.29, 0.717) is 19.3 Å². The standard InChI is InChI=1S/C49H95NO12S/c1-3-5-7-9-11-13-15-17-19-20-21-22-23-24-26-28-30-32-34-36-38-43(53)48(56)50-41(40-60-49-46(55)47(62-63(57,58)59)45(54)44(39-51)61-49)42(52)37-35-33-31-29-27-25-18-16-14-12-10-8-6-4-2/h22-23,41-47,49,51-55H,3-21,24-40H2,1-2H3,(H,50,56)(H,57,58,59)/b23-22-. The number of ether oxygens (including phenoxy) is 2. The van der Waals surface area contributed by atoms with Gasteiger partial charge in [-0.2, -0.15) is 8.42 Å². The average Bonchev–Trinajstić information content (AvgIpc) is 3.25. The summed E-state index contributed by atoms with van der Waals surface area (Å²) in [6, 6.07) is -1.03. The molecule has 0 aliphatic carbocycles. The number of hydrogen-bond donors (Lipinski definition) is 7. The maximum atomic E-state index is 13.2. The van der Waals surface area contributed by atoms with Crippen LogP contribution in [0.1, 0.15) is 232 Å². The number of carbonyl (C=O) groups excluding carboxylic acids is 1. The minimum absolute atomic E-state index is 0.255. The van der Waals surface area contributed by atoms with E-state index in [2.05, 4.69) is 35.5 Å². The molecule has 13 nitrogen and oxygen atoms in total. The smallest absolute Gasteiger partial charge is 0.394 e. The van der Waals surface area contributed by atoms with Crippen LogP contribution in [-0.4, -0.2) is 107 Å². The second-order valence-electron chi connectivity index (χ2n) is 18.3. The number of rotatable bonds is 44. The summed E-state index contributed by atoms with van der Waals surface area (Å²) in [6.45, 7) is 3.29. The molecular weight excluding hydrogens is 827 g/mol. The highest BCUT2D eigenvalue weighted by molar-refractivity contribution is 7.80. The van der Waals surface area contributed by atoms with Crippen LogP contribution < -0.4 is 5.32 Å². The minimum Gasteiger partial charge on any atom is -0.394 e. The van der Waals surface area contributed by atoms with Gasteiger partial charge in [0.25, 0.3) is 0 Å². The Kier molecular flexibility index (Phi) is 37.9. The lowest BCUT2D eigenvalue weighted by Gasteiger charge is -2.41. The Morgan fingerprint density at radius 2 is 1.02 bits per heavy atom. The molecule has 0 aromatic carbocycles. The number of nitrogens with one attached hydrogen (secondary N) is 1. The van der Waals surface area contributed by atoms with Gasteiger partial charge in [-0.05, 0) is 38.5 Å². The maximum absolute atomic E-state index is 13.2. The van der Waals surface area contributed by atoms with E-state index in [1.54, 1.807) is 0 Å². The van der Waals surface area contributed by atoms with Gasteiger partial charge in [-0.1, -0.05) is 206 Å². The lowest BCUT2D eigenvalue weighted by atomic mass is 9.99. The number of carbonyl (C=O) groups is 1. The molecular formula is C49H95NO12S. The number of unbranched alkanes of at least 4 members (excludes halogenated alkanes) is 29. The second-order valence-corrected chi connectivity index (χ2v) is 19.3. The summed E-state index contributed by atoms with van der Waals surface area (Å²) in [4.78, 5) is 13.2. The molecule has 0 bridgehead atoms. The first-order chi connectivity index (χ1) is 30.4. The molecule has 0 saturated carbocycles. The zero-order valence-electron chi connectivity index (χ0n) is 39.8. The van der Waals surface area contributed by atoms with Crippen LogP contribution in [0.15, 0.2) is 12.2 Å². The van der Waals surface area contributed by atoms with E-state index >= 15 is 0 Å². The monoisotopic (exact) mass is 922 g/mol. The zero-order chi connectivity index (χ0) is 46.4. The highest BCUT2D eigenvalue weighted by Crippen LogP contribution is 2.26. The molecule has 14 heteroatoms. The molecule has 1 heterocycles. The van der Waals surface area contributed by atoms with Gasteiger partial charge in [-0.25, -0.2) is 4.18 Å². The number of aliphatic hydroxyl groups is 5. The van der Waals surface area contributed by atoms with Crippen molar-refractivity contribution in [3.63, 3.8) is 0 Å². The van der Waals surface area contributed by atoms with Gasteiger partial charge in [0.05, 0.1) is 25.4 Å². The van der Waals surface area contributed by atoms with E-state index in [4.69, 9.17) is 9.47 Å². The Balaban J connectivity index is 2.48. The molecule has 8 atom stereocenters. The SMILES string of the molecule is CCCCCCCCCCCC/C=C\CCCCCCCCC(O)C(=O)NC(COC1OC(CO)C(O)C(OS(=O)(=O)O)C1O)C(O)CCCCCCCCCCCCCCCC. The van der Waals surface area contributed by atoms with Gasteiger partial charge in [0.15, 0.2) is 6.29 Å². The van der Waals surface area contributed by atoms with E-state index in [0.717, 1.165) is 57.8 Å². The van der Waals surface area contributed by atoms with Crippen LogP contribution in [0.25, 0.3) is 0 Å². The van der Waals surface area contributed by atoms with Crippen LogP contribution >= 0.6 is 0 Å². The van der Waals surface area contributed by atoms with Gasteiger partial charge in [0, 0.05) is 0 Å². The fourth-order valence-electron chi connectivity index (χ4n) is 8.34. The predicted octanol–water partition coefficient (Wildman–Crippen LogP) is 9.70. The Morgan fingerprint density at radius 1 is 0.619 bits per heavy atom. The number of amides is 1. The molecule has 1 fully saturated rings. The Morgan fingerprint density at radius 3 is 1.43 bits per heavy atom. The molecule has 1 aliphatic rings. The van der Waals surface area contributed by atoms with E-state index in [9.17, 15) is 43.3 Å². The van der Waals surface area contributed by atoms with Crippen LogP contribution in [0.3, 0.4) is 0 Å². The summed E-state index contributed by atoms with van der Waals surface area (Å²) in [5.74, 6) is -0.672. The quantitative estimate of drug-likeness (QED) is 0.0173. The molecule has 374 valence electrons. The van der Waals surface area contributed by atoms with Crippen LogP contribution in [0.5, 0.6) is 0 Å². The average molecular weight is 922 g/mol. The van der Waals surface area contributed by atoms with Gasteiger partial charge in [0.1, 0.15) is 30.5 Å². The topological polar surface area (TPSA) is 212 Å². The molecule has 0 aromatic heterocycles. The molecule has 7 N–H and O–H groups in total. The fraction of sp³-hybridized carbons (Fsp3) is 0.939. The normalized spacial score (nSPS) is 20.9. The van der Waals surface area contributed by atoms with Gasteiger partial charge < -0.3 is 40.3 Å². The summed E-state index contributed by atoms with van der Waals surface area (Å²) in [7, 11) is -5.11. The minimum atomic E-state index is -5.11. The van der Waals surface area contributed by atoms with Crippen molar-refractivity contribution in [2.75, 3.05) is 13.2 Å². The first-order valence-corrected chi connectivity index (χ1v) is 27.0. The van der Waals surface area contributed by atoms with Crippen molar-refractivity contribution >= 4 is 16.3 Å². The second kappa shape index (κ2) is 39.9. The van der Waals surface area contributed by atoms with Crippen molar-refractivity contribution in [1.29, 1.82) is 0 Å². The maximum Gasteiger partial charge on any atom is 0.397 e. The van der Waals surface area contributed by atoms with Crippen LogP contribution in [-0.2, 0) is 28.9 Å². The van der Waals surface area contributed by atoms with E-state index in [-0.39, 0.29) is 6.42 Å². The molecule has 1 aliphatic heterocycles. The molecule has 0 radical (unpaired) electrons. The molecule has 1 saturated heterocycles. The van der Waals surface area contributed by atoms with Crippen molar-refractivity contribution in [3.05, 3.63) is 12.2 Å². The summed E-state index contributed by atoms with van der Waals surface area (Å²) in [5, 5.41) is 55.5. The van der Waals surface area contributed by atoms with Crippen molar-refractivity contribution in [1.82, 2.24) is 5.32 Å². The van der Waals surface area contributed by atoms with E-state index < -0.39 is 78.5 Å². The van der Waals surface area contributed by atoms with Gasteiger partial charge in [-0.15, -0.1) is 0 Å². The van der Waals surface area contributed by atoms with Gasteiger partial charge in [-0.3, -0.25) is 9.35 Å². The highest BCUT2D eigenvalue weighted by atomic mass is 32.3. The molecule has 0 spiro atoms. The highest BCUT2D eigenvalue weighted by Gasteiger charge is 2.48. The summed E-state index contributed by atoms with van der Waals surface area (Å²) >= 11 is 0. The van der Waals surface area contributed by atoms with Gasteiger partial charge in [0.2, 0.25) is 5.91 Å². The lowest BCUT2D eigenvalue weighted by Crippen LogP contribution is -2.61. The first kappa shape index (κ1) is 59.8.